The summed E-state index contributed by atoms with van der Waals surface area (Å²) in [5, 5.41) is 11.2. The number of nitrogens with zero attached hydrogens (tertiary/aromatic N) is 1. The van der Waals surface area contributed by atoms with Crippen molar-refractivity contribution < 1.29 is 23.1 Å². The van der Waals surface area contributed by atoms with Gasteiger partial charge >= 0.3 is 5.97 Å². The number of hydrogen-bond donors (Lipinski definition) is 2. The van der Waals surface area contributed by atoms with Gasteiger partial charge in [0.25, 0.3) is 5.91 Å². The van der Waals surface area contributed by atoms with Crippen molar-refractivity contribution in [1.29, 1.82) is 0 Å². The Bertz CT molecular complexity index is 622. The van der Waals surface area contributed by atoms with Crippen molar-refractivity contribution in [3.05, 3.63) is 29.8 Å². The first kappa shape index (κ1) is 17.1. The molecule has 0 aliphatic rings. The maximum Gasteiger partial charge on any atom is 0.308 e. The number of aliphatic carboxylic acids is 1. The fraction of sp³-hybridized carbons (Fsp3) is 0.385. The predicted molar refractivity (Wildman–Crippen MR) is 76.4 cm³/mol. The Morgan fingerprint density at radius 2 is 1.76 bits per heavy atom. The zero-order valence-electron chi connectivity index (χ0n) is 12.0. The van der Waals surface area contributed by atoms with Gasteiger partial charge in [-0.2, -0.15) is 0 Å². The molecule has 1 aromatic carbocycles. The molecule has 1 amide bonds. The molecular weight excluding hydrogens is 296 g/mol. The molecule has 7 nitrogen and oxygen atoms in total. The highest BCUT2D eigenvalue weighted by Gasteiger charge is 2.18. The molecule has 0 saturated carbocycles. The number of sulfonamides is 1. The summed E-state index contributed by atoms with van der Waals surface area (Å²) >= 11 is 0. The number of carboxylic acids is 1. The van der Waals surface area contributed by atoms with Crippen LogP contribution in [0.1, 0.15) is 17.3 Å². The second kappa shape index (κ2) is 6.68. The quantitative estimate of drug-likeness (QED) is 0.790. The molecule has 1 atom stereocenters. The lowest BCUT2D eigenvalue weighted by atomic mass is 10.1. The Morgan fingerprint density at radius 3 is 2.19 bits per heavy atom. The molecule has 0 radical (unpaired) electrons. The summed E-state index contributed by atoms with van der Waals surface area (Å²) in [5.74, 6) is -2.14. The van der Waals surface area contributed by atoms with Crippen LogP contribution < -0.4 is 5.32 Å². The van der Waals surface area contributed by atoms with Crippen molar-refractivity contribution in [1.82, 2.24) is 9.62 Å². The van der Waals surface area contributed by atoms with Gasteiger partial charge in [-0.3, -0.25) is 9.59 Å². The van der Waals surface area contributed by atoms with Gasteiger partial charge in [-0.15, -0.1) is 0 Å². The van der Waals surface area contributed by atoms with Crippen LogP contribution in [0.4, 0.5) is 0 Å². The summed E-state index contributed by atoms with van der Waals surface area (Å²) < 4.78 is 24.8. The zero-order chi connectivity index (χ0) is 16.2. The molecule has 116 valence electrons. The van der Waals surface area contributed by atoms with Crippen LogP contribution in [-0.4, -0.2) is 50.3 Å². The van der Waals surface area contributed by atoms with E-state index in [1.807, 2.05) is 0 Å². The first-order chi connectivity index (χ1) is 9.66. The van der Waals surface area contributed by atoms with E-state index in [4.69, 9.17) is 5.11 Å². The number of rotatable bonds is 6. The third-order valence-electron chi connectivity index (χ3n) is 2.89. The Kier molecular flexibility index (Phi) is 5.45. The van der Waals surface area contributed by atoms with E-state index in [0.717, 1.165) is 4.31 Å². The lowest BCUT2D eigenvalue weighted by molar-refractivity contribution is -0.140. The molecule has 2 N–H and O–H groups in total. The van der Waals surface area contributed by atoms with Crippen molar-refractivity contribution in [3.63, 3.8) is 0 Å². The molecule has 1 aromatic rings. The van der Waals surface area contributed by atoms with Gasteiger partial charge in [0.2, 0.25) is 10.0 Å². The van der Waals surface area contributed by atoms with Crippen LogP contribution in [0.3, 0.4) is 0 Å². The Balaban J connectivity index is 2.79. The topological polar surface area (TPSA) is 104 Å². The van der Waals surface area contributed by atoms with E-state index in [9.17, 15) is 18.0 Å². The molecule has 21 heavy (non-hydrogen) atoms. The monoisotopic (exact) mass is 314 g/mol. The van der Waals surface area contributed by atoms with Crippen molar-refractivity contribution in [2.24, 2.45) is 5.92 Å². The van der Waals surface area contributed by atoms with Crippen LogP contribution in [0.15, 0.2) is 29.2 Å². The lowest BCUT2D eigenvalue weighted by Crippen LogP contribution is -2.31. The summed E-state index contributed by atoms with van der Waals surface area (Å²) in [4.78, 5) is 22.5. The maximum atomic E-state index is 11.9. The number of benzene rings is 1. The average Bonchev–Trinajstić information content (AvgIpc) is 2.44. The molecule has 0 aliphatic carbocycles. The van der Waals surface area contributed by atoms with Crippen LogP contribution in [0.2, 0.25) is 0 Å². The van der Waals surface area contributed by atoms with Gasteiger partial charge in [0.15, 0.2) is 0 Å². The van der Waals surface area contributed by atoms with Crippen LogP contribution in [0.25, 0.3) is 0 Å². The average molecular weight is 314 g/mol. The van der Waals surface area contributed by atoms with Gasteiger partial charge in [-0.05, 0) is 24.3 Å². The zero-order valence-corrected chi connectivity index (χ0v) is 12.8. The first-order valence-electron chi connectivity index (χ1n) is 6.20. The van der Waals surface area contributed by atoms with Gasteiger partial charge in [-0.25, -0.2) is 12.7 Å². The Hall–Kier alpha value is -1.93. The van der Waals surface area contributed by atoms with Gasteiger partial charge in [0.05, 0.1) is 10.8 Å². The normalized spacial score (nSPS) is 13.0. The second-order valence-corrected chi connectivity index (χ2v) is 6.91. The number of carbonyl (C=O) groups excluding carboxylic acids is 1. The summed E-state index contributed by atoms with van der Waals surface area (Å²) in [6.07, 6.45) is 0. The number of hydrogen-bond acceptors (Lipinski definition) is 4. The molecule has 8 heteroatoms. The number of carboxylic acid groups (broad SMARTS) is 1. The van der Waals surface area contributed by atoms with E-state index in [-0.39, 0.29) is 17.0 Å². The summed E-state index contributed by atoms with van der Waals surface area (Å²) in [7, 11) is -0.693. The van der Waals surface area contributed by atoms with Gasteiger partial charge in [0.1, 0.15) is 0 Å². The predicted octanol–water partition coefficient (Wildman–Crippen LogP) is 0.387. The van der Waals surface area contributed by atoms with Gasteiger partial charge in [-0.1, -0.05) is 6.92 Å². The second-order valence-electron chi connectivity index (χ2n) is 4.76. The van der Waals surface area contributed by atoms with Crippen molar-refractivity contribution in [3.8, 4) is 0 Å². The van der Waals surface area contributed by atoms with E-state index in [1.54, 1.807) is 0 Å². The third-order valence-corrected chi connectivity index (χ3v) is 4.71. The summed E-state index contributed by atoms with van der Waals surface area (Å²) in [5.41, 5.74) is 0.269. The van der Waals surface area contributed by atoms with Crippen LogP contribution >= 0.6 is 0 Å². The molecule has 0 bridgehead atoms. The Morgan fingerprint density at radius 1 is 1.24 bits per heavy atom. The number of amides is 1. The fourth-order valence-electron chi connectivity index (χ4n) is 1.42. The molecular formula is C13H18N2O5S. The molecule has 0 fully saturated rings. The third kappa shape index (κ3) is 4.27. The van der Waals surface area contributed by atoms with Crippen molar-refractivity contribution in [2.75, 3.05) is 20.6 Å². The minimum absolute atomic E-state index is 0.00587. The van der Waals surface area contributed by atoms with E-state index < -0.39 is 27.8 Å². The van der Waals surface area contributed by atoms with Crippen molar-refractivity contribution >= 4 is 21.9 Å². The first-order valence-corrected chi connectivity index (χ1v) is 7.64. The molecule has 0 aliphatic heterocycles. The molecule has 0 spiro atoms. The van der Waals surface area contributed by atoms with Crippen LogP contribution in [0.5, 0.6) is 0 Å². The van der Waals surface area contributed by atoms with E-state index in [1.165, 1.54) is 45.3 Å². The smallest absolute Gasteiger partial charge is 0.308 e. The molecule has 1 rings (SSSR count). The molecule has 1 unspecified atom stereocenters. The molecule has 0 heterocycles. The van der Waals surface area contributed by atoms with E-state index in [0.29, 0.717) is 0 Å². The highest BCUT2D eigenvalue weighted by Crippen LogP contribution is 2.14. The van der Waals surface area contributed by atoms with Crippen molar-refractivity contribution in [2.45, 2.75) is 11.8 Å². The van der Waals surface area contributed by atoms with Gasteiger partial charge < -0.3 is 10.4 Å². The number of carbonyl (C=O) groups is 2. The van der Waals surface area contributed by atoms with Crippen LogP contribution in [0, 0.1) is 5.92 Å². The largest absolute Gasteiger partial charge is 0.481 e. The number of nitrogens with one attached hydrogen (secondary N) is 1. The Labute approximate surface area is 123 Å². The highest BCUT2D eigenvalue weighted by molar-refractivity contribution is 7.89. The van der Waals surface area contributed by atoms with E-state index >= 15 is 0 Å². The summed E-state index contributed by atoms with van der Waals surface area (Å²) in [6, 6.07) is 5.45. The molecule has 0 aromatic heterocycles. The highest BCUT2D eigenvalue weighted by atomic mass is 32.2. The standard InChI is InChI=1S/C13H18N2O5S/c1-9(13(17)18)8-14-12(16)10-4-6-11(7-5-10)21(19,20)15(2)3/h4-7,9H,8H2,1-3H3,(H,14,16)(H,17,18). The fourth-order valence-corrected chi connectivity index (χ4v) is 2.33. The minimum atomic E-state index is -3.53. The SMILES string of the molecule is CC(CNC(=O)c1ccc(S(=O)(=O)N(C)C)cc1)C(=O)O. The lowest BCUT2D eigenvalue weighted by Gasteiger charge is -2.12. The van der Waals surface area contributed by atoms with Crippen LogP contribution in [-0.2, 0) is 14.8 Å². The van der Waals surface area contributed by atoms with Gasteiger partial charge in [0, 0.05) is 26.2 Å². The van der Waals surface area contributed by atoms with E-state index in [2.05, 4.69) is 5.32 Å². The minimum Gasteiger partial charge on any atom is -0.481 e. The maximum absolute atomic E-state index is 11.9. The summed E-state index contributed by atoms with van der Waals surface area (Å²) in [6.45, 7) is 1.49. The molecule has 0 saturated heterocycles.